The van der Waals surface area contributed by atoms with E-state index in [1.54, 1.807) is 7.05 Å². The zero-order chi connectivity index (χ0) is 20.2. The van der Waals surface area contributed by atoms with Crippen LogP contribution < -0.4 is 14.8 Å². The summed E-state index contributed by atoms with van der Waals surface area (Å²) in [5, 5.41) is 3.93. The molecule has 3 aliphatic heterocycles. The first-order valence-electron chi connectivity index (χ1n) is 10.1. The standard InChI is InChI=1S/C20H27ClN4O4/c1-22-20(23-13-14-11-15(21)18-17(12-14)28-9-10-29-18)25-6-4-24(5-7-25)19(26)16-3-2-8-27-16/h11-12,16H,2-10,13H2,1H3,(H,22,23). The predicted octanol–water partition coefficient (Wildman–Crippen LogP) is 1.51. The first-order chi connectivity index (χ1) is 14.2. The number of amides is 1. The van der Waals surface area contributed by atoms with Gasteiger partial charge in [0.15, 0.2) is 17.5 Å². The Morgan fingerprint density at radius 2 is 1.93 bits per heavy atom. The van der Waals surface area contributed by atoms with Crippen LogP contribution in [0.4, 0.5) is 0 Å². The molecule has 158 valence electrons. The first kappa shape index (κ1) is 20.1. The number of aliphatic imine (C=N–C) groups is 1. The number of halogens is 1. The molecule has 3 heterocycles. The van der Waals surface area contributed by atoms with Crippen LogP contribution in [0.2, 0.25) is 5.02 Å². The fourth-order valence-electron chi connectivity index (χ4n) is 3.89. The Hall–Kier alpha value is -2.19. The topological polar surface area (TPSA) is 75.6 Å². The Kier molecular flexibility index (Phi) is 6.30. The van der Waals surface area contributed by atoms with Gasteiger partial charge in [-0.25, -0.2) is 0 Å². The van der Waals surface area contributed by atoms with E-state index >= 15 is 0 Å². The van der Waals surface area contributed by atoms with Crippen molar-refractivity contribution in [2.24, 2.45) is 4.99 Å². The lowest BCUT2D eigenvalue weighted by molar-refractivity contribution is -0.142. The van der Waals surface area contributed by atoms with Gasteiger partial charge in [-0.2, -0.15) is 0 Å². The third-order valence-electron chi connectivity index (χ3n) is 5.42. The Morgan fingerprint density at radius 3 is 2.66 bits per heavy atom. The highest BCUT2D eigenvalue weighted by molar-refractivity contribution is 6.32. The lowest BCUT2D eigenvalue weighted by atomic mass is 10.2. The van der Waals surface area contributed by atoms with E-state index in [4.69, 9.17) is 25.8 Å². The van der Waals surface area contributed by atoms with Crippen LogP contribution in [-0.2, 0) is 16.1 Å². The van der Waals surface area contributed by atoms with Gasteiger partial charge in [0.2, 0.25) is 0 Å². The molecule has 2 saturated heterocycles. The quantitative estimate of drug-likeness (QED) is 0.588. The molecule has 1 atom stereocenters. The van der Waals surface area contributed by atoms with Crippen molar-refractivity contribution in [3.63, 3.8) is 0 Å². The molecule has 0 saturated carbocycles. The summed E-state index contributed by atoms with van der Waals surface area (Å²) in [7, 11) is 1.77. The van der Waals surface area contributed by atoms with Crippen LogP contribution in [0.1, 0.15) is 18.4 Å². The predicted molar refractivity (Wildman–Crippen MR) is 110 cm³/mol. The Bertz CT molecular complexity index is 774. The Morgan fingerprint density at radius 1 is 1.17 bits per heavy atom. The van der Waals surface area contributed by atoms with Crippen LogP contribution in [0.3, 0.4) is 0 Å². The van der Waals surface area contributed by atoms with Crippen LogP contribution in [0.5, 0.6) is 11.5 Å². The van der Waals surface area contributed by atoms with Crippen LogP contribution in [0.25, 0.3) is 0 Å². The second-order valence-electron chi connectivity index (χ2n) is 7.32. The summed E-state index contributed by atoms with van der Waals surface area (Å²) >= 11 is 6.32. The van der Waals surface area contributed by atoms with E-state index in [2.05, 4.69) is 15.2 Å². The summed E-state index contributed by atoms with van der Waals surface area (Å²) in [6.07, 6.45) is 1.55. The molecule has 1 aromatic carbocycles. The number of hydrogen-bond acceptors (Lipinski definition) is 5. The number of carbonyl (C=O) groups is 1. The molecule has 3 aliphatic rings. The summed E-state index contributed by atoms with van der Waals surface area (Å²) in [6, 6.07) is 3.83. The molecule has 1 unspecified atom stereocenters. The van der Waals surface area contributed by atoms with E-state index in [0.29, 0.717) is 56.0 Å². The van der Waals surface area contributed by atoms with Crippen molar-refractivity contribution in [3.05, 3.63) is 22.7 Å². The van der Waals surface area contributed by atoms with Crippen molar-refractivity contribution >= 4 is 23.5 Å². The molecule has 29 heavy (non-hydrogen) atoms. The van der Waals surface area contributed by atoms with Crippen molar-refractivity contribution in [1.29, 1.82) is 0 Å². The normalized spacial score (nSPS) is 22.0. The monoisotopic (exact) mass is 422 g/mol. The van der Waals surface area contributed by atoms with Crippen LogP contribution >= 0.6 is 11.6 Å². The van der Waals surface area contributed by atoms with E-state index < -0.39 is 0 Å². The Labute approximate surface area is 175 Å². The number of nitrogens with zero attached hydrogens (tertiary/aromatic N) is 3. The van der Waals surface area contributed by atoms with E-state index in [9.17, 15) is 4.79 Å². The number of carbonyl (C=O) groups excluding carboxylic acids is 1. The van der Waals surface area contributed by atoms with E-state index in [0.717, 1.165) is 37.5 Å². The summed E-state index contributed by atoms with van der Waals surface area (Å²) in [5.41, 5.74) is 0.993. The molecule has 0 aliphatic carbocycles. The SMILES string of the molecule is CN=C(NCc1cc(Cl)c2c(c1)OCCO2)N1CCN(C(=O)C2CCCO2)CC1. The molecular formula is C20H27ClN4O4. The first-order valence-corrected chi connectivity index (χ1v) is 10.5. The molecule has 9 heteroatoms. The van der Waals surface area contributed by atoms with Crippen molar-refractivity contribution in [2.75, 3.05) is 53.0 Å². The highest BCUT2D eigenvalue weighted by Crippen LogP contribution is 2.38. The molecule has 1 amide bonds. The molecule has 0 aromatic heterocycles. The van der Waals surface area contributed by atoms with Gasteiger partial charge in [0.1, 0.15) is 19.3 Å². The fourth-order valence-corrected chi connectivity index (χ4v) is 4.18. The van der Waals surface area contributed by atoms with Crippen LogP contribution in [-0.4, -0.2) is 80.8 Å². The van der Waals surface area contributed by atoms with E-state index in [1.807, 2.05) is 17.0 Å². The average molecular weight is 423 g/mol. The van der Waals surface area contributed by atoms with E-state index in [-0.39, 0.29) is 12.0 Å². The van der Waals surface area contributed by atoms with Gasteiger partial charge in [-0.05, 0) is 30.5 Å². The number of fused-ring (bicyclic) bond motifs is 1. The van der Waals surface area contributed by atoms with Crippen molar-refractivity contribution in [3.8, 4) is 11.5 Å². The number of rotatable bonds is 3. The number of hydrogen-bond donors (Lipinski definition) is 1. The van der Waals surface area contributed by atoms with Crippen LogP contribution in [0.15, 0.2) is 17.1 Å². The fraction of sp³-hybridized carbons (Fsp3) is 0.600. The molecule has 4 rings (SSSR count). The van der Waals surface area contributed by atoms with Crippen LogP contribution in [0, 0.1) is 0 Å². The number of nitrogens with one attached hydrogen (secondary N) is 1. The summed E-state index contributed by atoms with van der Waals surface area (Å²) in [4.78, 5) is 21.0. The van der Waals surface area contributed by atoms with Gasteiger partial charge in [0.05, 0.1) is 5.02 Å². The van der Waals surface area contributed by atoms with Gasteiger partial charge in [0, 0.05) is 46.4 Å². The minimum absolute atomic E-state index is 0.121. The zero-order valence-corrected chi connectivity index (χ0v) is 17.4. The number of benzene rings is 1. The lowest BCUT2D eigenvalue weighted by Crippen LogP contribution is -2.55. The van der Waals surface area contributed by atoms with Crippen molar-refractivity contribution < 1.29 is 19.0 Å². The second-order valence-corrected chi connectivity index (χ2v) is 7.72. The molecule has 0 bridgehead atoms. The largest absolute Gasteiger partial charge is 0.486 e. The molecular weight excluding hydrogens is 396 g/mol. The van der Waals surface area contributed by atoms with Gasteiger partial charge in [-0.3, -0.25) is 9.79 Å². The lowest BCUT2D eigenvalue weighted by Gasteiger charge is -2.37. The third-order valence-corrected chi connectivity index (χ3v) is 5.70. The van der Waals surface area contributed by atoms with Crippen molar-refractivity contribution in [2.45, 2.75) is 25.5 Å². The van der Waals surface area contributed by atoms with E-state index in [1.165, 1.54) is 0 Å². The molecule has 8 nitrogen and oxygen atoms in total. The number of guanidine groups is 1. The maximum atomic E-state index is 12.5. The highest BCUT2D eigenvalue weighted by Gasteiger charge is 2.31. The Balaban J connectivity index is 1.31. The smallest absolute Gasteiger partial charge is 0.251 e. The summed E-state index contributed by atoms with van der Waals surface area (Å²) in [5.74, 6) is 2.21. The minimum Gasteiger partial charge on any atom is -0.486 e. The number of ether oxygens (including phenoxy) is 3. The van der Waals surface area contributed by atoms with Gasteiger partial charge < -0.3 is 29.3 Å². The van der Waals surface area contributed by atoms with Gasteiger partial charge in [0.25, 0.3) is 5.91 Å². The molecule has 0 radical (unpaired) electrons. The highest BCUT2D eigenvalue weighted by atomic mass is 35.5. The third kappa shape index (κ3) is 4.53. The maximum absolute atomic E-state index is 12.5. The maximum Gasteiger partial charge on any atom is 0.251 e. The molecule has 0 spiro atoms. The summed E-state index contributed by atoms with van der Waals surface area (Å²) < 4.78 is 16.7. The molecule has 1 N–H and O–H groups in total. The molecule has 1 aromatic rings. The number of piperazine rings is 1. The summed E-state index contributed by atoms with van der Waals surface area (Å²) in [6.45, 7) is 5.12. The second kappa shape index (κ2) is 9.09. The van der Waals surface area contributed by atoms with Crippen molar-refractivity contribution in [1.82, 2.24) is 15.1 Å². The zero-order valence-electron chi connectivity index (χ0n) is 16.7. The molecule has 2 fully saturated rings. The minimum atomic E-state index is -0.251. The van der Waals surface area contributed by atoms with Gasteiger partial charge >= 0.3 is 0 Å². The van der Waals surface area contributed by atoms with Gasteiger partial charge in [-0.15, -0.1) is 0 Å². The van der Waals surface area contributed by atoms with Gasteiger partial charge in [-0.1, -0.05) is 11.6 Å². The average Bonchev–Trinajstić information content (AvgIpc) is 3.29.